The molecule has 0 bridgehead atoms. The molecule has 0 aromatic carbocycles. The van der Waals surface area contributed by atoms with E-state index in [1.54, 1.807) is 19.0 Å². The van der Waals surface area contributed by atoms with Crippen molar-refractivity contribution in [2.75, 3.05) is 43.4 Å². The molecular formula is C9H17N7O2. The molecule has 0 aliphatic heterocycles. The van der Waals surface area contributed by atoms with Crippen molar-refractivity contribution in [3.8, 4) is 0 Å². The zero-order valence-electron chi connectivity index (χ0n) is 10.6. The maximum Gasteiger partial charge on any atom is 0.307 e. The third-order valence-electron chi connectivity index (χ3n) is 1.99. The van der Waals surface area contributed by atoms with Crippen LogP contribution in [0.5, 0.6) is 0 Å². The van der Waals surface area contributed by atoms with E-state index in [0.717, 1.165) is 0 Å². The second-order valence-corrected chi connectivity index (χ2v) is 3.57. The summed E-state index contributed by atoms with van der Waals surface area (Å²) in [6, 6.07) is 0. The molecule has 18 heavy (non-hydrogen) atoms. The van der Waals surface area contributed by atoms with E-state index in [0.29, 0.717) is 18.4 Å². The Morgan fingerprint density at radius 3 is 2.56 bits per heavy atom. The van der Waals surface area contributed by atoms with Gasteiger partial charge in [-0.3, -0.25) is 10.2 Å². The summed E-state index contributed by atoms with van der Waals surface area (Å²) < 4.78 is 4.52. The van der Waals surface area contributed by atoms with Gasteiger partial charge in [0.1, 0.15) is 0 Å². The van der Waals surface area contributed by atoms with E-state index in [9.17, 15) is 4.79 Å². The molecule has 0 aliphatic carbocycles. The molecule has 1 heterocycles. The number of hydrazine groups is 1. The van der Waals surface area contributed by atoms with Crippen LogP contribution < -0.4 is 21.5 Å². The quantitative estimate of drug-likeness (QED) is 0.341. The van der Waals surface area contributed by atoms with Gasteiger partial charge in [0.25, 0.3) is 0 Å². The molecule has 9 nitrogen and oxygen atoms in total. The van der Waals surface area contributed by atoms with Crippen molar-refractivity contribution in [2.24, 2.45) is 5.84 Å². The summed E-state index contributed by atoms with van der Waals surface area (Å²) in [4.78, 5) is 24.9. The standard InChI is InChI=1S/C9H17N7O2/c1-16(2)9-13-7(12-8(14-9)15-10)11-5-4-6(17)18-3/h4-5,10H2,1-3H3,(H2,11,12,13,14,15). The van der Waals surface area contributed by atoms with Crippen LogP contribution in [0.2, 0.25) is 0 Å². The predicted molar refractivity (Wildman–Crippen MR) is 67.1 cm³/mol. The second-order valence-electron chi connectivity index (χ2n) is 3.57. The number of methoxy groups -OCH3 is 1. The minimum Gasteiger partial charge on any atom is -0.469 e. The van der Waals surface area contributed by atoms with Crippen molar-refractivity contribution in [2.45, 2.75) is 6.42 Å². The summed E-state index contributed by atoms with van der Waals surface area (Å²) in [5.41, 5.74) is 2.35. The third kappa shape index (κ3) is 4.01. The molecule has 0 unspecified atom stereocenters. The molecule has 0 saturated heterocycles. The third-order valence-corrected chi connectivity index (χ3v) is 1.99. The minimum atomic E-state index is -0.304. The molecule has 0 aliphatic rings. The van der Waals surface area contributed by atoms with E-state index in [1.807, 2.05) is 0 Å². The fourth-order valence-electron chi connectivity index (χ4n) is 1.09. The summed E-state index contributed by atoms with van der Waals surface area (Å²) >= 11 is 0. The maximum absolute atomic E-state index is 10.9. The normalized spacial score (nSPS) is 9.78. The lowest BCUT2D eigenvalue weighted by Gasteiger charge is -2.12. The number of anilines is 3. The molecule has 0 spiro atoms. The van der Waals surface area contributed by atoms with Gasteiger partial charge < -0.3 is 15.0 Å². The Labute approximate surface area is 105 Å². The first-order valence-corrected chi connectivity index (χ1v) is 5.27. The smallest absolute Gasteiger partial charge is 0.307 e. The number of ether oxygens (including phenoxy) is 1. The molecule has 0 fully saturated rings. The Bertz CT molecular complexity index is 410. The summed E-state index contributed by atoms with van der Waals surface area (Å²) in [6.45, 7) is 0.369. The molecule has 0 radical (unpaired) electrons. The van der Waals surface area contributed by atoms with E-state index in [4.69, 9.17) is 5.84 Å². The number of nitrogens with one attached hydrogen (secondary N) is 2. The van der Waals surface area contributed by atoms with Crippen LogP contribution >= 0.6 is 0 Å². The average Bonchev–Trinajstić information content (AvgIpc) is 2.37. The number of aromatic nitrogens is 3. The van der Waals surface area contributed by atoms with Gasteiger partial charge in [-0.25, -0.2) is 5.84 Å². The Morgan fingerprint density at radius 2 is 2.00 bits per heavy atom. The highest BCUT2D eigenvalue weighted by atomic mass is 16.5. The molecular weight excluding hydrogens is 238 g/mol. The van der Waals surface area contributed by atoms with Gasteiger partial charge in [-0.15, -0.1) is 0 Å². The van der Waals surface area contributed by atoms with E-state index < -0.39 is 0 Å². The van der Waals surface area contributed by atoms with Gasteiger partial charge in [0.05, 0.1) is 13.5 Å². The van der Waals surface area contributed by atoms with E-state index in [-0.39, 0.29) is 18.3 Å². The van der Waals surface area contributed by atoms with Crippen molar-refractivity contribution >= 4 is 23.8 Å². The molecule has 1 aromatic heterocycles. The molecule has 4 N–H and O–H groups in total. The van der Waals surface area contributed by atoms with Gasteiger partial charge in [0, 0.05) is 20.6 Å². The van der Waals surface area contributed by atoms with Gasteiger partial charge in [-0.1, -0.05) is 0 Å². The van der Waals surface area contributed by atoms with Crippen LogP contribution in [0.25, 0.3) is 0 Å². The number of hydrogen-bond donors (Lipinski definition) is 3. The first-order valence-electron chi connectivity index (χ1n) is 5.27. The van der Waals surface area contributed by atoms with Gasteiger partial charge in [0.15, 0.2) is 0 Å². The van der Waals surface area contributed by atoms with Crippen LogP contribution in [0.3, 0.4) is 0 Å². The summed E-state index contributed by atoms with van der Waals surface area (Å²) in [7, 11) is 4.94. The van der Waals surface area contributed by atoms with E-state index in [2.05, 4.69) is 30.4 Å². The first kappa shape index (κ1) is 13.9. The zero-order valence-corrected chi connectivity index (χ0v) is 10.6. The van der Waals surface area contributed by atoms with Gasteiger partial charge in [-0.05, 0) is 0 Å². The molecule has 0 atom stereocenters. The van der Waals surface area contributed by atoms with Crippen molar-refractivity contribution in [3.05, 3.63) is 0 Å². The molecule has 0 amide bonds. The highest BCUT2D eigenvalue weighted by molar-refractivity contribution is 5.69. The summed E-state index contributed by atoms with van der Waals surface area (Å²) in [5.74, 6) is 6.00. The monoisotopic (exact) mass is 255 g/mol. The first-order chi connectivity index (χ1) is 8.56. The van der Waals surface area contributed by atoms with Crippen molar-refractivity contribution in [1.29, 1.82) is 0 Å². The molecule has 100 valence electrons. The Morgan fingerprint density at radius 1 is 1.33 bits per heavy atom. The number of nitrogens with two attached hydrogens (primary N) is 1. The molecule has 1 aromatic rings. The largest absolute Gasteiger partial charge is 0.469 e. The van der Waals surface area contributed by atoms with Crippen molar-refractivity contribution < 1.29 is 9.53 Å². The van der Waals surface area contributed by atoms with Crippen LogP contribution in [0.1, 0.15) is 6.42 Å². The fraction of sp³-hybridized carbons (Fsp3) is 0.556. The Kier molecular flexibility index (Phi) is 5.06. The lowest BCUT2D eigenvalue weighted by atomic mass is 10.4. The van der Waals surface area contributed by atoms with Crippen molar-refractivity contribution in [1.82, 2.24) is 15.0 Å². The molecule has 0 saturated carbocycles. The van der Waals surface area contributed by atoms with Gasteiger partial charge >= 0.3 is 5.97 Å². The summed E-state index contributed by atoms with van der Waals surface area (Å²) in [5, 5.41) is 2.89. The SMILES string of the molecule is COC(=O)CCNc1nc(NN)nc(N(C)C)n1. The number of hydrogen-bond acceptors (Lipinski definition) is 9. The maximum atomic E-state index is 10.9. The van der Waals surface area contributed by atoms with Gasteiger partial charge in [-0.2, -0.15) is 15.0 Å². The number of rotatable bonds is 6. The minimum absolute atomic E-state index is 0.227. The lowest BCUT2D eigenvalue weighted by Crippen LogP contribution is -2.19. The Balaban J connectivity index is 2.69. The number of carbonyl (C=O) groups excluding carboxylic acids is 1. The highest BCUT2D eigenvalue weighted by Gasteiger charge is 2.07. The van der Waals surface area contributed by atoms with Crippen LogP contribution in [0.15, 0.2) is 0 Å². The lowest BCUT2D eigenvalue weighted by molar-refractivity contribution is -0.140. The number of carbonyl (C=O) groups is 1. The van der Waals surface area contributed by atoms with Crippen molar-refractivity contribution in [3.63, 3.8) is 0 Å². The van der Waals surface area contributed by atoms with Crippen LogP contribution in [0.4, 0.5) is 17.8 Å². The predicted octanol–water partition coefficient (Wildman–Crippen LogP) is -0.802. The van der Waals surface area contributed by atoms with Crippen LogP contribution in [-0.4, -0.2) is 48.7 Å². The number of esters is 1. The van der Waals surface area contributed by atoms with Crippen LogP contribution in [0, 0.1) is 0 Å². The number of nitrogen functional groups attached to an aromatic ring is 1. The molecule has 9 heteroatoms. The fourth-order valence-corrected chi connectivity index (χ4v) is 1.09. The average molecular weight is 255 g/mol. The van der Waals surface area contributed by atoms with E-state index >= 15 is 0 Å². The number of nitrogens with zero attached hydrogens (tertiary/aromatic N) is 4. The van der Waals surface area contributed by atoms with Gasteiger partial charge in [0.2, 0.25) is 17.8 Å². The van der Waals surface area contributed by atoms with Crippen LogP contribution in [-0.2, 0) is 9.53 Å². The topological polar surface area (TPSA) is 118 Å². The summed E-state index contributed by atoms with van der Waals surface area (Å²) in [6.07, 6.45) is 0.227. The molecule has 1 rings (SSSR count). The highest BCUT2D eigenvalue weighted by Crippen LogP contribution is 2.10. The second kappa shape index (κ2) is 6.55. The Hall–Kier alpha value is -2.16. The van der Waals surface area contributed by atoms with E-state index in [1.165, 1.54) is 7.11 Å². The zero-order chi connectivity index (χ0) is 13.5.